The molecule has 0 saturated heterocycles. The predicted molar refractivity (Wildman–Crippen MR) is 39.2 cm³/mol. The van der Waals surface area contributed by atoms with Gasteiger partial charge in [-0.05, 0) is 30.1 Å². The molecule has 0 bridgehead atoms. The molecular weight excluding hydrogens is 108 g/mol. The lowest BCUT2D eigenvalue weighted by molar-refractivity contribution is 0.362. The first-order valence-corrected chi connectivity index (χ1v) is 4.38. The van der Waals surface area contributed by atoms with Crippen molar-refractivity contribution in [2.45, 2.75) is 33.1 Å². The van der Waals surface area contributed by atoms with E-state index in [2.05, 4.69) is 13.8 Å². The van der Waals surface area contributed by atoms with E-state index >= 15 is 0 Å². The molecule has 0 nitrogen and oxygen atoms in total. The minimum atomic E-state index is 1.09. The van der Waals surface area contributed by atoms with Gasteiger partial charge in [0.1, 0.15) is 0 Å². The number of rotatable bonds is 3. The first-order valence-electron chi connectivity index (χ1n) is 4.38. The highest BCUT2D eigenvalue weighted by molar-refractivity contribution is 5.13. The highest BCUT2D eigenvalue weighted by Gasteiger charge is 2.65. The molecule has 0 N–H and O–H groups in total. The van der Waals surface area contributed by atoms with Gasteiger partial charge in [-0.3, -0.25) is 0 Å². The Morgan fingerprint density at radius 3 is 1.89 bits per heavy atom. The van der Waals surface area contributed by atoms with Gasteiger partial charge in [-0.25, -0.2) is 0 Å². The van der Waals surface area contributed by atoms with Crippen LogP contribution in [0, 0.1) is 23.7 Å². The van der Waals surface area contributed by atoms with Crippen molar-refractivity contribution >= 4 is 0 Å². The van der Waals surface area contributed by atoms with Gasteiger partial charge in [0.15, 0.2) is 0 Å². The molecule has 0 aromatic carbocycles. The summed E-state index contributed by atoms with van der Waals surface area (Å²) >= 11 is 0. The van der Waals surface area contributed by atoms with E-state index in [1.54, 1.807) is 6.42 Å². The van der Waals surface area contributed by atoms with Crippen LogP contribution in [0.25, 0.3) is 0 Å². The minimum Gasteiger partial charge on any atom is -0.0651 e. The molecule has 0 heteroatoms. The van der Waals surface area contributed by atoms with Crippen LogP contribution in [0.5, 0.6) is 0 Å². The van der Waals surface area contributed by atoms with Crippen molar-refractivity contribution in [2.75, 3.05) is 0 Å². The van der Waals surface area contributed by atoms with E-state index in [1.807, 2.05) is 0 Å². The maximum absolute atomic E-state index is 2.34. The zero-order valence-electron chi connectivity index (χ0n) is 6.43. The second kappa shape index (κ2) is 1.74. The van der Waals surface area contributed by atoms with Crippen LogP contribution in [0.4, 0.5) is 0 Å². The first kappa shape index (κ1) is 5.76. The smallest absolute Gasteiger partial charge is 0.0323 e. The quantitative estimate of drug-likeness (QED) is 0.542. The summed E-state index contributed by atoms with van der Waals surface area (Å²) in [5, 5.41) is 0. The van der Waals surface area contributed by atoms with E-state index in [0.717, 1.165) is 5.92 Å². The van der Waals surface area contributed by atoms with Crippen LogP contribution in [0.1, 0.15) is 33.1 Å². The van der Waals surface area contributed by atoms with E-state index < -0.39 is 0 Å². The van der Waals surface area contributed by atoms with Gasteiger partial charge in [-0.2, -0.15) is 0 Å². The lowest BCUT2D eigenvalue weighted by Gasteiger charge is -2.14. The topological polar surface area (TPSA) is 0 Å². The zero-order valence-corrected chi connectivity index (χ0v) is 6.43. The molecule has 0 heterocycles. The molecule has 2 aliphatic carbocycles. The van der Waals surface area contributed by atoms with Crippen LogP contribution in [0.15, 0.2) is 0 Å². The third-order valence-corrected chi connectivity index (χ3v) is 3.33. The third-order valence-electron chi connectivity index (χ3n) is 3.33. The van der Waals surface area contributed by atoms with Crippen molar-refractivity contribution < 1.29 is 0 Å². The Morgan fingerprint density at radius 1 is 1.22 bits per heavy atom. The van der Waals surface area contributed by atoms with Crippen LogP contribution in [-0.2, 0) is 0 Å². The highest BCUT2D eigenvalue weighted by atomic mass is 14.7. The monoisotopic (exact) mass is 124 g/mol. The number of fused-ring (bicyclic) bond motifs is 1. The summed E-state index contributed by atoms with van der Waals surface area (Å²) in [5.74, 6) is 4.72. The lowest BCUT2D eigenvalue weighted by Crippen LogP contribution is -2.05. The minimum absolute atomic E-state index is 1.09. The SMILES string of the molecule is CCC(CC)C1C2CC21. The second-order valence-corrected chi connectivity index (χ2v) is 3.72. The Bertz CT molecular complexity index is 105. The summed E-state index contributed by atoms with van der Waals surface area (Å²) in [5.41, 5.74) is 0. The lowest BCUT2D eigenvalue weighted by atomic mass is 9.92. The van der Waals surface area contributed by atoms with Crippen molar-refractivity contribution in [1.29, 1.82) is 0 Å². The molecule has 2 aliphatic rings. The summed E-state index contributed by atoms with van der Waals surface area (Å²) in [4.78, 5) is 0. The molecule has 2 saturated carbocycles. The second-order valence-electron chi connectivity index (χ2n) is 3.72. The predicted octanol–water partition coefficient (Wildman–Crippen LogP) is 2.69. The fourth-order valence-corrected chi connectivity index (χ4v) is 2.36. The summed E-state index contributed by atoms with van der Waals surface area (Å²) in [6.07, 6.45) is 4.43. The number of hydrogen-bond acceptors (Lipinski definition) is 0. The first-order chi connectivity index (χ1) is 4.38. The van der Waals surface area contributed by atoms with Crippen LogP contribution >= 0.6 is 0 Å². The Morgan fingerprint density at radius 2 is 1.78 bits per heavy atom. The molecule has 2 unspecified atom stereocenters. The fourth-order valence-electron chi connectivity index (χ4n) is 2.36. The third kappa shape index (κ3) is 0.720. The van der Waals surface area contributed by atoms with Crippen LogP contribution in [-0.4, -0.2) is 0 Å². The Kier molecular flexibility index (Phi) is 1.12. The Balaban J connectivity index is 1.81. The molecule has 52 valence electrons. The largest absolute Gasteiger partial charge is 0.0651 e. The molecule has 0 aromatic heterocycles. The molecule has 2 rings (SSSR count). The molecule has 0 spiro atoms. The van der Waals surface area contributed by atoms with Gasteiger partial charge < -0.3 is 0 Å². The molecule has 0 amide bonds. The maximum atomic E-state index is 2.34. The van der Waals surface area contributed by atoms with Gasteiger partial charge in [0.25, 0.3) is 0 Å². The molecular formula is C9H16. The van der Waals surface area contributed by atoms with Gasteiger partial charge >= 0.3 is 0 Å². The summed E-state index contributed by atoms with van der Waals surface area (Å²) in [7, 11) is 0. The normalized spacial score (nSPS) is 45.0. The van der Waals surface area contributed by atoms with Gasteiger partial charge in [0, 0.05) is 0 Å². The molecule has 2 fully saturated rings. The number of hydrogen-bond donors (Lipinski definition) is 0. The van der Waals surface area contributed by atoms with Crippen LogP contribution < -0.4 is 0 Å². The van der Waals surface area contributed by atoms with E-state index in [4.69, 9.17) is 0 Å². The summed E-state index contributed by atoms with van der Waals surface area (Å²) < 4.78 is 0. The van der Waals surface area contributed by atoms with Crippen molar-refractivity contribution in [3.63, 3.8) is 0 Å². The van der Waals surface area contributed by atoms with Gasteiger partial charge in [-0.15, -0.1) is 0 Å². The van der Waals surface area contributed by atoms with Gasteiger partial charge in [0.2, 0.25) is 0 Å². The highest BCUT2D eigenvalue weighted by Crippen LogP contribution is 2.71. The standard InChI is InChI=1S/C9H16/c1-3-6(4-2)9-7-5-8(7)9/h6-9H,3-5H2,1-2H3. The molecule has 0 aromatic rings. The molecule has 2 atom stereocenters. The average Bonchev–Trinajstić information content (AvgIpc) is 2.66. The Hall–Kier alpha value is 0. The zero-order chi connectivity index (χ0) is 6.43. The van der Waals surface area contributed by atoms with Crippen LogP contribution in [0.3, 0.4) is 0 Å². The van der Waals surface area contributed by atoms with Crippen molar-refractivity contribution in [1.82, 2.24) is 0 Å². The van der Waals surface area contributed by atoms with E-state index in [0.29, 0.717) is 0 Å². The maximum Gasteiger partial charge on any atom is -0.0323 e. The summed E-state index contributed by atoms with van der Waals surface area (Å²) in [6, 6.07) is 0. The summed E-state index contributed by atoms with van der Waals surface area (Å²) in [6.45, 7) is 4.68. The average molecular weight is 124 g/mol. The van der Waals surface area contributed by atoms with E-state index in [9.17, 15) is 0 Å². The van der Waals surface area contributed by atoms with E-state index in [1.165, 1.54) is 30.6 Å². The molecule has 0 radical (unpaired) electrons. The van der Waals surface area contributed by atoms with Gasteiger partial charge in [0.05, 0.1) is 0 Å². The fraction of sp³-hybridized carbons (Fsp3) is 1.00. The molecule has 0 aliphatic heterocycles. The Labute approximate surface area is 57.6 Å². The van der Waals surface area contributed by atoms with E-state index in [-0.39, 0.29) is 0 Å². The van der Waals surface area contributed by atoms with Crippen LogP contribution in [0.2, 0.25) is 0 Å². The van der Waals surface area contributed by atoms with Crippen molar-refractivity contribution in [2.24, 2.45) is 23.7 Å². The van der Waals surface area contributed by atoms with Crippen molar-refractivity contribution in [3.05, 3.63) is 0 Å². The van der Waals surface area contributed by atoms with Crippen molar-refractivity contribution in [3.8, 4) is 0 Å². The van der Waals surface area contributed by atoms with Gasteiger partial charge in [-0.1, -0.05) is 26.7 Å². The molecule has 9 heavy (non-hydrogen) atoms.